The number of hydrogen-bond acceptors (Lipinski definition) is 6. The number of hydrogen-bond donors (Lipinski definition) is 2. The van der Waals surface area contributed by atoms with Crippen LogP contribution in [-0.4, -0.2) is 38.8 Å². The molecule has 82 valence electrons. The zero-order valence-electron chi connectivity index (χ0n) is 8.22. The summed E-state index contributed by atoms with van der Waals surface area (Å²) < 4.78 is 11.2. The van der Waals surface area contributed by atoms with Crippen molar-refractivity contribution in [3.8, 4) is 0 Å². The van der Waals surface area contributed by atoms with Gasteiger partial charge in [-0.2, -0.15) is 0 Å². The van der Waals surface area contributed by atoms with Gasteiger partial charge in [0.05, 0.1) is 12.4 Å². The summed E-state index contributed by atoms with van der Waals surface area (Å²) in [5.74, 6) is 7.96. The van der Waals surface area contributed by atoms with Crippen LogP contribution in [0.5, 0.6) is 0 Å². The second-order valence-corrected chi connectivity index (χ2v) is 4.94. The lowest BCUT2D eigenvalue weighted by Gasteiger charge is -2.27. The summed E-state index contributed by atoms with van der Waals surface area (Å²) in [6.45, 7) is 1.52. The highest BCUT2D eigenvalue weighted by atomic mass is 32.2. The van der Waals surface area contributed by atoms with Gasteiger partial charge in [0.25, 0.3) is 0 Å². The van der Waals surface area contributed by atoms with E-state index in [2.05, 4.69) is 20.3 Å². The van der Waals surface area contributed by atoms with E-state index in [1.807, 2.05) is 0 Å². The van der Waals surface area contributed by atoms with Crippen molar-refractivity contribution in [3.05, 3.63) is 12.4 Å². The lowest BCUT2D eigenvalue weighted by Crippen LogP contribution is -2.38. The summed E-state index contributed by atoms with van der Waals surface area (Å²) in [6, 6.07) is 0. The number of nitrogen functional groups attached to an aromatic ring is 1. The summed E-state index contributed by atoms with van der Waals surface area (Å²) in [4.78, 5) is 10.4. The maximum Gasteiger partial charge on any atom is 0.160 e. The number of aromatic nitrogens is 2. The molecule has 0 aliphatic carbocycles. The van der Waals surface area contributed by atoms with Gasteiger partial charge in [-0.3, -0.25) is 9.19 Å². The van der Waals surface area contributed by atoms with Gasteiger partial charge in [0.1, 0.15) is 5.82 Å². The first-order valence-corrected chi connectivity index (χ1v) is 6.17. The molecule has 0 atom stereocenters. The number of anilines is 2. The fourth-order valence-electron chi connectivity index (χ4n) is 1.44. The lowest BCUT2D eigenvalue weighted by molar-refractivity contribution is 0.672. The second kappa shape index (κ2) is 4.54. The molecule has 7 heteroatoms. The molecule has 0 saturated carbocycles. The van der Waals surface area contributed by atoms with Crippen LogP contribution in [0.25, 0.3) is 0 Å². The van der Waals surface area contributed by atoms with Gasteiger partial charge < -0.3 is 10.3 Å². The Bertz CT molecular complexity index is 362. The van der Waals surface area contributed by atoms with Gasteiger partial charge in [0, 0.05) is 35.4 Å². The van der Waals surface area contributed by atoms with Crippen molar-refractivity contribution in [3.63, 3.8) is 0 Å². The molecule has 1 aliphatic heterocycles. The van der Waals surface area contributed by atoms with Crippen molar-refractivity contribution in [1.29, 1.82) is 0 Å². The van der Waals surface area contributed by atoms with Crippen molar-refractivity contribution in [2.75, 3.05) is 34.9 Å². The minimum absolute atomic E-state index is 0.541. The maximum atomic E-state index is 11.2. The van der Waals surface area contributed by atoms with E-state index in [-0.39, 0.29) is 0 Å². The third-order valence-corrected chi connectivity index (χ3v) is 3.55. The van der Waals surface area contributed by atoms with Crippen LogP contribution >= 0.6 is 0 Å². The van der Waals surface area contributed by atoms with Gasteiger partial charge >= 0.3 is 0 Å². The average molecular weight is 227 g/mol. The predicted octanol–water partition coefficient (Wildman–Crippen LogP) is -0.669. The van der Waals surface area contributed by atoms with Crippen LogP contribution in [-0.2, 0) is 10.8 Å². The Morgan fingerprint density at radius 1 is 1.40 bits per heavy atom. The van der Waals surface area contributed by atoms with Crippen LogP contribution in [0.2, 0.25) is 0 Å². The molecule has 6 nitrogen and oxygen atoms in total. The third-order valence-electron chi connectivity index (χ3n) is 2.27. The van der Waals surface area contributed by atoms with Crippen LogP contribution in [0.3, 0.4) is 0 Å². The zero-order chi connectivity index (χ0) is 10.7. The van der Waals surface area contributed by atoms with E-state index in [0.29, 0.717) is 17.3 Å². The lowest BCUT2D eigenvalue weighted by atomic mass is 10.4. The Morgan fingerprint density at radius 3 is 2.80 bits per heavy atom. The second-order valence-electron chi connectivity index (χ2n) is 3.24. The molecule has 1 fully saturated rings. The molecular formula is C8H13N5OS. The number of nitrogens with zero attached hydrogens (tertiary/aromatic N) is 3. The first-order chi connectivity index (χ1) is 7.29. The van der Waals surface area contributed by atoms with Gasteiger partial charge in [-0.25, -0.2) is 10.8 Å². The number of nitrogens with one attached hydrogen (secondary N) is 1. The largest absolute Gasteiger partial charge is 0.353 e. The molecule has 0 unspecified atom stereocenters. The van der Waals surface area contributed by atoms with Crippen LogP contribution < -0.4 is 16.2 Å². The molecule has 1 aromatic rings. The SMILES string of the molecule is NNc1cncc(N2CCS(=O)CC2)n1. The van der Waals surface area contributed by atoms with Crippen molar-refractivity contribution in [2.24, 2.45) is 5.84 Å². The van der Waals surface area contributed by atoms with Gasteiger partial charge in [-0.1, -0.05) is 0 Å². The molecular weight excluding hydrogens is 214 g/mol. The van der Waals surface area contributed by atoms with Crippen LogP contribution in [0, 0.1) is 0 Å². The normalized spacial score (nSPS) is 17.8. The van der Waals surface area contributed by atoms with E-state index in [1.165, 1.54) is 0 Å². The highest BCUT2D eigenvalue weighted by molar-refractivity contribution is 7.85. The molecule has 0 amide bonds. The van der Waals surface area contributed by atoms with E-state index in [4.69, 9.17) is 5.84 Å². The molecule has 2 rings (SSSR count). The van der Waals surface area contributed by atoms with E-state index >= 15 is 0 Å². The molecule has 0 radical (unpaired) electrons. The summed E-state index contributed by atoms with van der Waals surface area (Å²) in [7, 11) is -0.672. The Morgan fingerprint density at radius 2 is 2.13 bits per heavy atom. The molecule has 3 N–H and O–H groups in total. The van der Waals surface area contributed by atoms with Crippen LogP contribution in [0.4, 0.5) is 11.6 Å². The smallest absolute Gasteiger partial charge is 0.160 e. The molecule has 0 spiro atoms. The van der Waals surface area contributed by atoms with E-state index in [9.17, 15) is 4.21 Å². The Kier molecular flexibility index (Phi) is 3.12. The molecule has 1 aromatic heterocycles. The average Bonchev–Trinajstić information content (AvgIpc) is 2.30. The fraction of sp³-hybridized carbons (Fsp3) is 0.500. The molecule has 0 aromatic carbocycles. The van der Waals surface area contributed by atoms with Crippen molar-refractivity contribution < 1.29 is 4.21 Å². The van der Waals surface area contributed by atoms with Gasteiger partial charge in [-0.15, -0.1) is 0 Å². The molecule has 1 saturated heterocycles. The maximum absolute atomic E-state index is 11.2. The quantitative estimate of drug-likeness (QED) is 0.515. The van der Waals surface area contributed by atoms with Crippen LogP contribution in [0.15, 0.2) is 12.4 Å². The van der Waals surface area contributed by atoms with Crippen molar-refractivity contribution in [1.82, 2.24) is 9.97 Å². The summed E-state index contributed by atoms with van der Waals surface area (Å²) in [5, 5.41) is 0. The monoisotopic (exact) mass is 227 g/mol. The molecule has 0 bridgehead atoms. The van der Waals surface area contributed by atoms with Gasteiger partial charge in [0.15, 0.2) is 5.82 Å². The number of hydrazine groups is 1. The third kappa shape index (κ3) is 2.42. The first kappa shape index (κ1) is 10.3. The number of nitrogens with two attached hydrogens (primary N) is 1. The zero-order valence-corrected chi connectivity index (χ0v) is 9.04. The minimum atomic E-state index is -0.672. The van der Waals surface area contributed by atoms with Crippen LogP contribution in [0.1, 0.15) is 0 Å². The Hall–Kier alpha value is -1.21. The molecule has 2 heterocycles. The summed E-state index contributed by atoms with van der Waals surface area (Å²) in [5.41, 5.74) is 2.45. The van der Waals surface area contributed by atoms with Crippen molar-refractivity contribution in [2.45, 2.75) is 0 Å². The Balaban J connectivity index is 2.11. The molecule has 1 aliphatic rings. The summed E-state index contributed by atoms with van der Waals surface area (Å²) in [6.07, 6.45) is 3.25. The topological polar surface area (TPSA) is 84.1 Å². The van der Waals surface area contributed by atoms with Gasteiger partial charge in [-0.05, 0) is 0 Å². The van der Waals surface area contributed by atoms with Crippen molar-refractivity contribution >= 4 is 22.4 Å². The predicted molar refractivity (Wildman–Crippen MR) is 59.9 cm³/mol. The standard InChI is InChI=1S/C8H13N5OS/c9-12-7-5-10-6-8(11-7)13-1-3-15(14)4-2-13/h5-6H,1-4,9H2,(H,11,12). The number of rotatable bonds is 2. The van der Waals surface area contributed by atoms with E-state index in [1.54, 1.807) is 12.4 Å². The minimum Gasteiger partial charge on any atom is -0.353 e. The molecule has 15 heavy (non-hydrogen) atoms. The van der Waals surface area contributed by atoms with Gasteiger partial charge in [0.2, 0.25) is 0 Å². The first-order valence-electron chi connectivity index (χ1n) is 4.68. The highest BCUT2D eigenvalue weighted by Crippen LogP contribution is 2.13. The van der Waals surface area contributed by atoms with E-state index in [0.717, 1.165) is 18.9 Å². The Labute approximate surface area is 90.3 Å². The highest BCUT2D eigenvalue weighted by Gasteiger charge is 2.16. The fourth-order valence-corrected chi connectivity index (χ4v) is 2.50. The summed E-state index contributed by atoms with van der Waals surface area (Å²) >= 11 is 0. The van der Waals surface area contributed by atoms with E-state index < -0.39 is 10.8 Å².